The SMILES string of the molecule is Cc1nc2c(c(C)c1CC(=O)NCC1(C)CCNCC1)c(=O)[nH]n2C.Cl. The summed E-state index contributed by atoms with van der Waals surface area (Å²) in [6.07, 6.45) is 2.39. The maximum Gasteiger partial charge on any atom is 0.273 e. The molecule has 8 heteroatoms. The van der Waals surface area contributed by atoms with Gasteiger partial charge in [0.1, 0.15) is 0 Å². The number of carbonyl (C=O) groups is 1. The second-order valence-electron chi connectivity index (χ2n) is 7.51. The summed E-state index contributed by atoms with van der Waals surface area (Å²) >= 11 is 0. The maximum absolute atomic E-state index is 12.5. The van der Waals surface area contributed by atoms with E-state index in [0.717, 1.165) is 42.8 Å². The van der Waals surface area contributed by atoms with Crippen LogP contribution >= 0.6 is 12.4 Å². The van der Waals surface area contributed by atoms with E-state index in [4.69, 9.17) is 0 Å². The molecule has 0 spiro atoms. The quantitative estimate of drug-likeness (QED) is 0.745. The summed E-state index contributed by atoms with van der Waals surface area (Å²) in [5.74, 6) is -0.0144. The normalized spacial score (nSPS) is 16.3. The lowest BCUT2D eigenvalue weighted by Crippen LogP contribution is -2.43. The van der Waals surface area contributed by atoms with Gasteiger partial charge in [-0.15, -0.1) is 12.4 Å². The van der Waals surface area contributed by atoms with Gasteiger partial charge >= 0.3 is 0 Å². The molecule has 1 amide bonds. The van der Waals surface area contributed by atoms with Crippen molar-refractivity contribution >= 4 is 29.3 Å². The zero-order valence-corrected chi connectivity index (χ0v) is 16.7. The second-order valence-corrected chi connectivity index (χ2v) is 7.51. The number of aromatic amines is 1. The highest BCUT2D eigenvalue weighted by atomic mass is 35.5. The number of halogens is 1. The number of piperidine rings is 1. The van der Waals surface area contributed by atoms with Gasteiger partial charge in [-0.25, -0.2) is 4.98 Å². The molecule has 3 heterocycles. The number of amides is 1. The van der Waals surface area contributed by atoms with Crippen LogP contribution in [-0.4, -0.2) is 40.3 Å². The molecule has 0 radical (unpaired) electrons. The molecule has 0 saturated carbocycles. The third kappa shape index (κ3) is 3.94. The molecule has 7 nitrogen and oxygen atoms in total. The number of hydrogen-bond donors (Lipinski definition) is 3. The number of H-pyrrole nitrogens is 1. The highest BCUT2D eigenvalue weighted by Gasteiger charge is 2.27. The van der Waals surface area contributed by atoms with Gasteiger partial charge in [0.2, 0.25) is 5.91 Å². The summed E-state index contributed by atoms with van der Waals surface area (Å²) in [5, 5.41) is 9.73. The number of nitrogens with zero attached hydrogens (tertiary/aromatic N) is 2. The summed E-state index contributed by atoms with van der Waals surface area (Å²) < 4.78 is 1.62. The van der Waals surface area contributed by atoms with Crippen molar-refractivity contribution in [2.75, 3.05) is 19.6 Å². The minimum Gasteiger partial charge on any atom is -0.355 e. The Labute approximate surface area is 159 Å². The predicted octanol–water partition coefficient (Wildman–Crippen LogP) is 1.35. The molecule has 1 aliphatic rings. The van der Waals surface area contributed by atoms with Gasteiger partial charge in [-0.3, -0.25) is 19.4 Å². The largest absolute Gasteiger partial charge is 0.355 e. The van der Waals surface area contributed by atoms with Crippen molar-refractivity contribution in [1.29, 1.82) is 0 Å². The topological polar surface area (TPSA) is 91.8 Å². The molecule has 0 aromatic carbocycles. The van der Waals surface area contributed by atoms with Crippen molar-refractivity contribution in [3.05, 3.63) is 27.2 Å². The number of aryl methyl sites for hydroxylation is 3. The first-order valence-electron chi connectivity index (χ1n) is 8.83. The minimum atomic E-state index is -0.161. The van der Waals surface area contributed by atoms with Crippen LogP contribution in [-0.2, 0) is 18.3 Å². The molecule has 3 rings (SSSR count). The highest BCUT2D eigenvalue weighted by molar-refractivity contribution is 5.85. The van der Waals surface area contributed by atoms with Crippen LogP contribution in [0.1, 0.15) is 36.6 Å². The molecule has 0 aliphatic carbocycles. The molecule has 1 fully saturated rings. The summed E-state index contributed by atoms with van der Waals surface area (Å²) in [4.78, 5) is 29.1. The second kappa shape index (κ2) is 7.80. The molecule has 2 aromatic heterocycles. The number of carbonyl (C=O) groups excluding carboxylic acids is 1. The van der Waals surface area contributed by atoms with E-state index >= 15 is 0 Å². The van der Waals surface area contributed by atoms with Crippen LogP contribution < -0.4 is 16.2 Å². The van der Waals surface area contributed by atoms with Crippen LogP contribution in [0.25, 0.3) is 11.0 Å². The Hall–Kier alpha value is -1.86. The summed E-state index contributed by atoms with van der Waals surface area (Å²) in [7, 11) is 1.77. The van der Waals surface area contributed by atoms with Crippen molar-refractivity contribution < 1.29 is 4.79 Å². The fourth-order valence-electron chi connectivity index (χ4n) is 3.65. The molecular weight excluding hydrogens is 354 g/mol. The van der Waals surface area contributed by atoms with Gasteiger partial charge in [-0.05, 0) is 56.3 Å². The Kier molecular flexibility index (Phi) is 6.13. The average molecular weight is 382 g/mol. The molecular formula is C18H28ClN5O2. The van der Waals surface area contributed by atoms with Crippen LogP contribution in [0.2, 0.25) is 0 Å². The van der Waals surface area contributed by atoms with E-state index in [-0.39, 0.29) is 35.7 Å². The lowest BCUT2D eigenvalue weighted by molar-refractivity contribution is -0.121. The fourth-order valence-corrected chi connectivity index (χ4v) is 3.65. The molecule has 3 N–H and O–H groups in total. The van der Waals surface area contributed by atoms with E-state index in [1.165, 1.54) is 0 Å². The van der Waals surface area contributed by atoms with E-state index in [0.29, 0.717) is 17.6 Å². The average Bonchev–Trinajstić information content (AvgIpc) is 2.84. The van der Waals surface area contributed by atoms with Crippen molar-refractivity contribution in [3.63, 3.8) is 0 Å². The van der Waals surface area contributed by atoms with Crippen molar-refractivity contribution in [2.24, 2.45) is 12.5 Å². The number of pyridine rings is 1. The Bertz CT molecular complexity index is 865. The molecule has 144 valence electrons. The van der Waals surface area contributed by atoms with Gasteiger partial charge in [0.15, 0.2) is 5.65 Å². The van der Waals surface area contributed by atoms with Crippen LogP contribution in [0, 0.1) is 19.3 Å². The predicted molar refractivity (Wildman–Crippen MR) is 105 cm³/mol. The number of fused-ring (bicyclic) bond motifs is 1. The Morgan fingerprint density at radius 3 is 2.62 bits per heavy atom. The van der Waals surface area contributed by atoms with Crippen molar-refractivity contribution in [2.45, 2.75) is 40.0 Å². The number of hydrogen-bond acceptors (Lipinski definition) is 4. The monoisotopic (exact) mass is 381 g/mol. The smallest absolute Gasteiger partial charge is 0.273 e. The van der Waals surface area contributed by atoms with Gasteiger partial charge < -0.3 is 10.6 Å². The first kappa shape index (κ1) is 20.5. The molecule has 0 unspecified atom stereocenters. The number of rotatable bonds is 4. The Morgan fingerprint density at radius 2 is 1.96 bits per heavy atom. The Morgan fingerprint density at radius 1 is 1.31 bits per heavy atom. The van der Waals surface area contributed by atoms with E-state index in [1.54, 1.807) is 11.7 Å². The standard InChI is InChI=1S/C18H27N5O2.ClH/c1-11-13(12(2)21-16-15(11)17(25)22-23(16)4)9-14(24)20-10-18(3)5-7-19-8-6-18;/h19H,5-10H2,1-4H3,(H,20,24)(H,22,25);1H. The van der Waals surface area contributed by atoms with Gasteiger partial charge in [0.25, 0.3) is 5.56 Å². The van der Waals surface area contributed by atoms with Gasteiger partial charge in [0.05, 0.1) is 11.8 Å². The number of nitrogens with one attached hydrogen (secondary N) is 3. The first-order valence-corrected chi connectivity index (χ1v) is 8.83. The summed E-state index contributed by atoms with van der Waals surface area (Å²) in [6.45, 7) is 8.70. The molecule has 1 aliphatic heterocycles. The first-order chi connectivity index (χ1) is 11.8. The van der Waals surface area contributed by atoms with Crippen molar-refractivity contribution in [3.8, 4) is 0 Å². The maximum atomic E-state index is 12.5. The zero-order valence-electron chi connectivity index (χ0n) is 15.9. The summed E-state index contributed by atoms with van der Waals surface area (Å²) in [6, 6.07) is 0. The molecule has 0 atom stereocenters. The van der Waals surface area contributed by atoms with Crippen LogP contribution in [0.5, 0.6) is 0 Å². The molecule has 1 saturated heterocycles. The third-order valence-electron chi connectivity index (χ3n) is 5.44. The lowest BCUT2D eigenvalue weighted by Gasteiger charge is -2.34. The minimum absolute atomic E-state index is 0. The van der Waals surface area contributed by atoms with Gasteiger partial charge in [-0.2, -0.15) is 0 Å². The van der Waals surface area contributed by atoms with E-state index in [1.807, 2.05) is 13.8 Å². The molecule has 26 heavy (non-hydrogen) atoms. The Balaban J connectivity index is 0.00000243. The van der Waals surface area contributed by atoms with E-state index in [2.05, 4.69) is 27.6 Å². The van der Waals surface area contributed by atoms with Crippen LogP contribution in [0.4, 0.5) is 0 Å². The zero-order chi connectivity index (χ0) is 18.2. The molecule has 2 aromatic rings. The van der Waals surface area contributed by atoms with Gasteiger partial charge in [0, 0.05) is 19.3 Å². The summed E-state index contributed by atoms with van der Waals surface area (Å²) in [5.41, 5.74) is 3.11. The highest BCUT2D eigenvalue weighted by Crippen LogP contribution is 2.27. The van der Waals surface area contributed by atoms with E-state index in [9.17, 15) is 9.59 Å². The molecule has 0 bridgehead atoms. The number of aromatic nitrogens is 3. The third-order valence-corrected chi connectivity index (χ3v) is 5.44. The van der Waals surface area contributed by atoms with Crippen LogP contribution in [0.15, 0.2) is 4.79 Å². The van der Waals surface area contributed by atoms with Crippen LogP contribution in [0.3, 0.4) is 0 Å². The van der Waals surface area contributed by atoms with Crippen molar-refractivity contribution in [1.82, 2.24) is 25.4 Å². The fraction of sp³-hybridized carbons (Fsp3) is 0.611. The van der Waals surface area contributed by atoms with Gasteiger partial charge in [-0.1, -0.05) is 6.92 Å². The lowest BCUT2D eigenvalue weighted by atomic mass is 9.81. The van der Waals surface area contributed by atoms with E-state index < -0.39 is 0 Å².